The molecule has 0 spiro atoms. The van der Waals surface area contributed by atoms with Crippen LogP contribution in [0.4, 0.5) is 11.8 Å². The van der Waals surface area contributed by atoms with Gasteiger partial charge in [0.2, 0.25) is 11.9 Å². The number of carbonyl (C=O) groups excluding carboxylic acids is 1. The van der Waals surface area contributed by atoms with Gasteiger partial charge in [0.25, 0.3) is 0 Å². The first kappa shape index (κ1) is 22.8. The van der Waals surface area contributed by atoms with Crippen molar-refractivity contribution in [1.29, 1.82) is 0 Å². The van der Waals surface area contributed by atoms with Gasteiger partial charge in [0, 0.05) is 13.1 Å². The number of nitrogens with zero attached hydrogens (tertiary/aromatic N) is 5. The molecule has 0 bridgehead atoms. The van der Waals surface area contributed by atoms with Crippen LogP contribution in [0.15, 0.2) is 35.5 Å². The first-order valence-corrected chi connectivity index (χ1v) is 11.8. The average molecular weight is 493 g/mol. The highest BCUT2D eigenvalue weighted by atomic mass is 35.5. The number of anilines is 2. The van der Waals surface area contributed by atoms with Gasteiger partial charge in [-0.05, 0) is 37.6 Å². The van der Waals surface area contributed by atoms with Gasteiger partial charge in [0.15, 0.2) is 11.0 Å². The van der Waals surface area contributed by atoms with E-state index in [1.165, 1.54) is 11.8 Å². The lowest BCUT2D eigenvalue weighted by Crippen LogP contribution is -2.37. The van der Waals surface area contributed by atoms with Crippen LogP contribution in [0.3, 0.4) is 0 Å². The summed E-state index contributed by atoms with van der Waals surface area (Å²) in [5, 5.41) is 12.9. The number of aryl methyl sites for hydroxylation is 2. The highest BCUT2D eigenvalue weighted by molar-refractivity contribution is 7.99. The second-order valence-corrected chi connectivity index (χ2v) is 9.04. The molecule has 1 fully saturated rings. The largest absolute Gasteiger partial charge is 0.378 e. The molecule has 4 rings (SSSR count). The van der Waals surface area contributed by atoms with Crippen molar-refractivity contribution < 1.29 is 9.53 Å². The molecule has 0 unspecified atom stereocenters. The van der Waals surface area contributed by atoms with Crippen LogP contribution in [0.25, 0.3) is 5.69 Å². The van der Waals surface area contributed by atoms with Crippen LogP contribution in [0, 0.1) is 13.8 Å². The summed E-state index contributed by atoms with van der Waals surface area (Å²) in [5.41, 5.74) is 2.66. The topological polar surface area (TPSA) is 85.2 Å². The molecule has 1 aliphatic heterocycles. The molecule has 1 aliphatic rings. The predicted molar refractivity (Wildman–Crippen MR) is 127 cm³/mol. The highest BCUT2D eigenvalue weighted by Gasteiger charge is 2.22. The number of pyridine rings is 1. The normalized spacial score (nSPS) is 13.9. The molecule has 1 saturated heterocycles. The Morgan fingerprint density at radius 1 is 1.16 bits per heavy atom. The zero-order valence-corrected chi connectivity index (χ0v) is 20.0. The lowest BCUT2D eigenvalue weighted by atomic mass is 10.2. The van der Waals surface area contributed by atoms with Gasteiger partial charge in [0.1, 0.15) is 0 Å². The summed E-state index contributed by atoms with van der Waals surface area (Å²) >= 11 is 13.5. The highest BCUT2D eigenvalue weighted by Crippen LogP contribution is 2.29. The fourth-order valence-electron chi connectivity index (χ4n) is 3.26. The number of nitrogens with one attached hydrogen (secondary N) is 1. The Morgan fingerprint density at radius 2 is 1.94 bits per heavy atom. The summed E-state index contributed by atoms with van der Waals surface area (Å²) in [7, 11) is 0. The summed E-state index contributed by atoms with van der Waals surface area (Å²) in [6.07, 6.45) is 0. The summed E-state index contributed by atoms with van der Waals surface area (Å²) < 4.78 is 7.45. The molecular formula is C21H22Cl2N6O2S. The quantitative estimate of drug-likeness (QED) is 0.517. The van der Waals surface area contributed by atoms with E-state index in [9.17, 15) is 4.79 Å². The summed E-state index contributed by atoms with van der Waals surface area (Å²) in [5.74, 6) is 0.887. The number of carbonyl (C=O) groups is 1. The van der Waals surface area contributed by atoms with Gasteiger partial charge < -0.3 is 15.0 Å². The Morgan fingerprint density at radius 3 is 2.69 bits per heavy atom. The Labute approximate surface area is 200 Å². The molecule has 0 atom stereocenters. The fourth-order valence-corrected chi connectivity index (χ4v) is 4.41. The molecule has 3 aromatic rings. The lowest BCUT2D eigenvalue weighted by molar-refractivity contribution is -0.113. The molecule has 1 aromatic carbocycles. The SMILES string of the molecule is Cc1cccc(-n2c(SCC(=O)Nc3nc(C)c(Cl)cc3Cl)nnc2N2CCOCC2)c1. The van der Waals surface area contributed by atoms with Crippen LogP contribution < -0.4 is 10.2 Å². The Balaban J connectivity index is 1.55. The minimum absolute atomic E-state index is 0.118. The van der Waals surface area contributed by atoms with Crippen molar-refractivity contribution in [1.82, 2.24) is 19.7 Å². The summed E-state index contributed by atoms with van der Waals surface area (Å²) in [6.45, 7) is 6.53. The fraction of sp³-hybridized carbons (Fsp3) is 0.333. The molecule has 1 amide bonds. The Bertz CT molecular complexity index is 1130. The number of amides is 1. The first-order chi connectivity index (χ1) is 15.4. The van der Waals surface area contributed by atoms with Gasteiger partial charge in [-0.1, -0.05) is 47.1 Å². The number of ether oxygens (including phenoxy) is 1. The molecule has 168 valence electrons. The third-order valence-corrected chi connectivity index (χ3v) is 6.46. The summed E-state index contributed by atoms with van der Waals surface area (Å²) in [6, 6.07) is 9.66. The number of thioether (sulfide) groups is 1. The van der Waals surface area contributed by atoms with Crippen molar-refractivity contribution in [2.45, 2.75) is 19.0 Å². The van der Waals surface area contributed by atoms with Crippen molar-refractivity contribution in [3.8, 4) is 5.69 Å². The number of halogens is 2. The van der Waals surface area contributed by atoms with E-state index in [1.54, 1.807) is 13.0 Å². The zero-order valence-electron chi connectivity index (χ0n) is 17.6. The maximum absolute atomic E-state index is 12.6. The minimum atomic E-state index is -0.252. The van der Waals surface area contributed by atoms with Crippen molar-refractivity contribution in [3.63, 3.8) is 0 Å². The maximum atomic E-state index is 12.6. The van der Waals surface area contributed by atoms with E-state index in [2.05, 4.69) is 31.5 Å². The van der Waals surface area contributed by atoms with Gasteiger partial charge in [-0.3, -0.25) is 9.36 Å². The van der Waals surface area contributed by atoms with Crippen molar-refractivity contribution in [3.05, 3.63) is 51.6 Å². The van der Waals surface area contributed by atoms with Crippen molar-refractivity contribution in [2.75, 3.05) is 42.3 Å². The molecule has 1 N–H and O–H groups in total. The second kappa shape index (κ2) is 10.1. The minimum Gasteiger partial charge on any atom is -0.378 e. The number of hydrogen-bond donors (Lipinski definition) is 1. The molecule has 32 heavy (non-hydrogen) atoms. The molecule has 3 heterocycles. The van der Waals surface area contributed by atoms with E-state index < -0.39 is 0 Å². The molecule has 0 radical (unpaired) electrons. The van der Waals surface area contributed by atoms with Gasteiger partial charge in [-0.15, -0.1) is 10.2 Å². The molecule has 8 nitrogen and oxygen atoms in total. The standard InChI is InChI=1S/C21H22Cl2N6O2S/c1-13-4-3-5-15(10-13)29-20(28-6-8-31-9-7-28)26-27-21(29)32-12-18(30)25-19-17(23)11-16(22)14(2)24-19/h3-5,10-11H,6-9,12H2,1-2H3,(H,24,25,30). The van der Waals surface area contributed by atoms with Gasteiger partial charge in [-0.2, -0.15) is 0 Å². The second-order valence-electron chi connectivity index (χ2n) is 7.28. The third kappa shape index (κ3) is 5.17. The number of rotatable bonds is 6. The first-order valence-electron chi connectivity index (χ1n) is 10.0. The molecular weight excluding hydrogens is 471 g/mol. The van der Waals surface area contributed by atoms with Gasteiger partial charge >= 0.3 is 0 Å². The van der Waals surface area contributed by atoms with E-state index in [1.807, 2.05) is 29.7 Å². The van der Waals surface area contributed by atoms with Crippen LogP contribution >= 0.6 is 35.0 Å². The van der Waals surface area contributed by atoms with E-state index >= 15 is 0 Å². The maximum Gasteiger partial charge on any atom is 0.236 e. The average Bonchev–Trinajstić information content (AvgIpc) is 3.21. The van der Waals surface area contributed by atoms with Crippen LogP contribution in [0.5, 0.6) is 0 Å². The third-order valence-electron chi connectivity index (χ3n) is 4.87. The number of aromatic nitrogens is 4. The monoisotopic (exact) mass is 492 g/mol. The van der Waals surface area contributed by atoms with E-state index in [0.29, 0.717) is 29.1 Å². The number of morpholine rings is 1. The number of benzene rings is 1. The van der Waals surface area contributed by atoms with E-state index in [4.69, 9.17) is 27.9 Å². The van der Waals surface area contributed by atoms with Crippen molar-refractivity contribution >= 4 is 52.6 Å². The van der Waals surface area contributed by atoms with E-state index in [-0.39, 0.29) is 22.5 Å². The number of hydrogen-bond acceptors (Lipinski definition) is 7. The van der Waals surface area contributed by atoms with Crippen LogP contribution in [0.1, 0.15) is 11.3 Å². The molecule has 0 aliphatic carbocycles. The summed E-state index contributed by atoms with van der Waals surface area (Å²) in [4.78, 5) is 19.0. The van der Waals surface area contributed by atoms with Crippen LogP contribution in [-0.4, -0.2) is 57.7 Å². The predicted octanol–water partition coefficient (Wildman–Crippen LogP) is 4.15. The van der Waals surface area contributed by atoms with Crippen LogP contribution in [-0.2, 0) is 9.53 Å². The molecule has 2 aromatic heterocycles. The Hall–Kier alpha value is -2.33. The smallest absolute Gasteiger partial charge is 0.236 e. The molecule has 11 heteroatoms. The lowest BCUT2D eigenvalue weighted by Gasteiger charge is -2.28. The van der Waals surface area contributed by atoms with Crippen LogP contribution in [0.2, 0.25) is 10.0 Å². The Kier molecular flexibility index (Phi) is 7.20. The van der Waals surface area contributed by atoms with Gasteiger partial charge in [0.05, 0.1) is 40.4 Å². The van der Waals surface area contributed by atoms with Crippen molar-refractivity contribution in [2.24, 2.45) is 0 Å². The van der Waals surface area contributed by atoms with Gasteiger partial charge in [-0.25, -0.2) is 4.98 Å². The molecule has 0 saturated carbocycles. The zero-order chi connectivity index (χ0) is 22.7. The van der Waals surface area contributed by atoms with E-state index in [0.717, 1.165) is 30.3 Å².